The van der Waals surface area contributed by atoms with Crippen molar-refractivity contribution in [2.45, 2.75) is 23.7 Å². The van der Waals surface area contributed by atoms with Crippen LogP contribution in [0.15, 0.2) is 0 Å². The van der Waals surface area contributed by atoms with E-state index in [1.807, 2.05) is 0 Å². The Hall–Kier alpha value is 2.19. The van der Waals surface area contributed by atoms with E-state index in [0.29, 0.717) is 0 Å². The van der Waals surface area contributed by atoms with Gasteiger partial charge in [0.2, 0.25) is 0 Å². The lowest BCUT2D eigenvalue weighted by Crippen LogP contribution is -1.96. The molecule has 3 heteroatoms. The van der Waals surface area contributed by atoms with Gasteiger partial charge in [-0.15, -0.1) is 0 Å². The summed E-state index contributed by atoms with van der Waals surface area (Å²) in [6.07, 6.45) is 2.62. The van der Waals surface area contributed by atoms with Gasteiger partial charge in [-0.2, -0.15) is 0 Å². The molecule has 0 bridgehead atoms. The summed E-state index contributed by atoms with van der Waals surface area (Å²) < 4.78 is 2.27. The second-order valence-electron chi connectivity index (χ2n) is 1.55. The highest BCUT2D eigenvalue weighted by molar-refractivity contribution is 14.2. The van der Waals surface area contributed by atoms with Crippen LogP contribution >= 0.6 is 67.8 Å². The van der Waals surface area contributed by atoms with Gasteiger partial charge in [0.25, 0.3) is 0 Å². The topological polar surface area (TPSA) is 0 Å². The number of alkyl halides is 1. The molecule has 0 spiro atoms. The number of hydrogen-bond acceptors (Lipinski definition) is 0. The fourth-order valence-corrected chi connectivity index (χ4v) is 1.61. The first-order valence-electron chi connectivity index (χ1n) is 2.50. The molecule has 0 saturated heterocycles. The summed E-state index contributed by atoms with van der Waals surface area (Å²) >= 11 is 7.25. The average molecular weight is 449 g/mol. The molecule has 0 rings (SSSR count). The standard InChI is InChI=1S/C5H8I3/c1-2-3-4(6)5(7)8/h4H,2-3H2,1H3. The van der Waals surface area contributed by atoms with Crippen molar-refractivity contribution < 1.29 is 0 Å². The highest BCUT2D eigenvalue weighted by atomic mass is 127. The van der Waals surface area contributed by atoms with Crippen molar-refractivity contribution in [2.24, 2.45) is 0 Å². The zero-order valence-corrected chi connectivity index (χ0v) is 11.1. The third-order valence-electron chi connectivity index (χ3n) is 0.779. The van der Waals surface area contributed by atoms with Crippen LogP contribution in [0.25, 0.3) is 0 Å². The molecule has 0 fully saturated rings. The van der Waals surface area contributed by atoms with Gasteiger partial charge in [0, 0.05) is 3.92 Å². The summed E-state index contributed by atoms with van der Waals surface area (Å²) in [6.45, 7) is 2.22. The lowest BCUT2D eigenvalue weighted by Gasteiger charge is -2.06. The maximum Gasteiger partial charge on any atom is 0.110 e. The van der Waals surface area contributed by atoms with Gasteiger partial charge in [-0.1, -0.05) is 81.1 Å². The molecule has 0 N–H and O–H groups in total. The van der Waals surface area contributed by atoms with Crippen molar-refractivity contribution in [1.82, 2.24) is 0 Å². The van der Waals surface area contributed by atoms with E-state index in [-0.39, 0.29) is 0 Å². The van der Waals surface area contributed by atoms with E-state index >= 15 is 0 Å². The molecule has 0 aliphatic rings. The van der Waals surface area contributed by atoms with Crippen molar-refractivity contribution in [3.8, 4) is 0 Å². The minimum Gasteiger partial charge on any atom is -0.0802 e. The quantitative estimate of drug-likeness (QED) is 0.453. The Bertz CT molecular complexity index is 53.6. The van der Waals surface area contributed by atoms with E-state index in [4.69, 9.17) is 0 Å². The number of halogens is 3. The minimum absolute atomic E-state index is 0.777. The summed E-state index contributed by atoms with van der Waals surface area (Å²) in [4.78, 5) is 0. The van der Waals surface area contributed by atoms with Crippen molar-refractivity contribution in [1.29, 1.82) is 0 Å². The van der Waals surface area contributed by atoms with Crippen LogP contribution in [0.2, 0.25) is 0 Å². The summed E-state index contributed by atoms with van der Waals surface area (Å²) in [5.41, 5.74) is 0. The number of hydrogen-bond donors (Lipinski definition) is 0. The van der Waals surface area contributed by atoms with Gasteiger partial charge in [0.1, 0.15) is 1.93 Å². The Morgan fingerprint density at radius 3 is 2.12 bits per heavy atom. The zero-order valence-electron chi connectivity index (χ0n) is 4.63. The molecule has 1 atom stereocenters. The Morgan fingerprint density at radius 1 is 1.50 bits per heavy atom. The third kappa shape index (κ3) is 5.01. The van der Waals surface area contributed by atoms with E-state index in [1.165, 1.54) is 14.8 Å². The zero-order chi connectivity index (χ0) is 6.57. The maximum absolute atomic E-state index is 2.48. The van der Waals surface area contributed by atoms with Crippen LogP contribution in [0.4, 0.5) is 0 Å². The third-order valence-corrected chi connectivity index (χ3v) is 5.91. The largest absolute Gasteiger partial charge is 0.110 e. The first-order chi connectivity index (χ1) is 3.68. The monoisotopic (exact) mass is 449 g/mol. The minimum atomic E-state index is 0.777. The molecular formula is C5H8I3. The van der Waals surface area contributed by atoms with Gasteiger partial charge in [-0.05, 0) is 6.42 Å². The van der Waals surface area contributed by atoms with Crippen molar-refractivity contribution in [3.05, 3.63) is 1.93 Å². The summed E-state index contributed by atoms with van der Waals surface area (Å²) in [5, 5.41) is 0. The van der Waals surface area contributed by atoms with Crippen molar-refractivity contribution >= 4 is 67.8 Å². The van der Waals surface area contributed by atoms with Gasteiger partial charge in [0.05, 0.1) is 0 Å². The second-order valence-corrected chi connectivity index (χ2v) is 7.44. The van der Waals surface area contributed by atoms with E-state index in [9.17, 15) is 0 Å². The van der Waals surface area contributed by atoms with Crippen LogP contribution in [-0.4, -0.2) is 3.92 Å². The van der Waals surface area contributed by atoms with Gasteiger partial charge >= 0.3 is 0 Å². The molecule has 1 unspecified atom stereocenters. The molecule has 0 aromatic heterocycles. The Balaban J connectivity index is 3.17. The summed E-state index contributed by atoms with van der Waals surface area (Å²) in [5.74, 6) is 0. The van der Waals surface area contributed by atoms with E-state index < -0.39 is 0 Å². The van der Waals surface area contributed by atoms with Crippen LogP contribution in [0.5, 0.6) is 0 Å². The fraction of sp³-hybridized carbons (Fsp3) is 0.800. The van der Waals surface area contributed by atoms with Crippen LogP contribution < -0.4 is 0 Å². The Labute approximate surface area is 92.0 Å². The molecular weight excluding hydrogens is 441 g/mol. The highest BCUT2D eigenvalue weighted by Crippen LogP contribution is 2.32. The molecule has 0 nitrogen and oxygen atoms in total. The molecule has 0 aromatic rings. The van der Waals surface area contributed by atoms with Crippen molar-refractivity contribution in [2.75, 3.05) is 0 Å². The van der Waals surface area contributed by atoms with Gasteiger partial charge in [-0.3, -0.25) is 0 Å². The molecule has 1 radical (unpaired) electrons. The smallest absolute Gasteiger partial charge is 0.0802 e. The first kappa shape index (κ1) is 10.2. The lowest BCUT2D eigenvalue weighted by atomic mass is 10.3. The van der Waals surface area contributed by atoms with Crippen LogP contribution in [-0.2, 0) is 0 Å². The van der Waals surface area contributed by atoms with Crippen molar-refractivity contribution in [3.63, 3.8) is 0 Å². The average Bonchev–Trinajstić information content (AvgIpc) is 1.67. The molecule has 49 valence electrons. The molecule has 0 aliphatic carbocycles. The predicted molar refractivity (Wildman–Crippen MR) is 64.0 cm³/mol. The van der Waals surface area contributed by atoms with Crippen LogP contribution in [0, 0.1) is 1.93 Å². The normalized spacial score (nSPS) is 14.6. The summed E-state index contributed by atoms with van der Waals surface area (Å²) in [6, 6.07) is 0. The molecule has 0 saturated carbocycles. The number of rotatable bonds is 3. The van der Waals surface area contributed by atoms with Gasteiger partial charge < -0.3 is 0 Å². The summed E-state index contributed by atoms with van der Waals surface area (Å²) in [7, 11) is 0. The lowest BCUT2D eigenvalue weighted by molar-refractivity contribution is 0.838. The van der Waals surface area contributed by atoms with Crippen LogP contribution in [0.3, 0.4) is 0 Å². The van der Waals surface area contributed by atoms with Gasteiger partial charge in [0.15, 0.2) is 0 Å². The van der Waals surface area contributed by atoms with Crippen LogP contribution in [0.1, 0.15) is 19.8 Å². The molecule has 0 heterocycles. The Morgan fingerprint density at radius 2 is 2.00 bits per heavy atom. The van der Waals surface area contributed by atoms with Gasteiger partial charge in [-0.25, -0.2) is 0 Å². The molecule has 0 aromatic carbocycles. The first-order valence-corrected chi connectivity index (χ1v) is 5.90. The predicted octanol–water partition coefficient (Wildman–Crippen LogP) is 3.95. The maximum atomic E-state index is 2.48. The second kappa shape index (κ2) is 5.94. The molecule has 0 amide bonds. The van der Waals surface area contributed by atoms with E-state index in [2.05, 4.69) is 74.7 Å². The molecule has 8 heavy (non-hydrogen) atoms. The molecule has 0 aliphatic heterocycles. The van der Waals surface area contributed by atoms with E-state index in [0.717, 1.165) is 3.92 Å². The highest BCUT2D eigenvalue weighted by Gasteiger charge is 2.10. The van der Waals surface area contributed by atoms with E-state index in [1.54, 1.807) is 0 Å². The SMILES string of the molecule is CCCC(I)[C](I)I. The Kier molecular flexibility index (Phi) is 7.56. The fourth-order valence-electron chi connectivity index (χ4n) is 0.363.